The SMILES string of the molecule is CCOc1ccccc1OCC(=O)NC1CCN(C(=O)c2ccc(=O)[nH]n2)CC1. The summed E-state index contributed by atoms with van der Waals surface area (Å²) >= 11 is 0. The van der Waals surface area contributed by atoms with Crippen molar-refractivity contribution in [2.45, 2.75) is 25.8 Å². The van der Waals surface area contributed by atoms with Crippen molar-refractivity contribution in [3.8, 4) is 11.5 Å². The highest BCUT2D eigenvalue weighted by molar-refractivity contribution is 5.92. The third kappa shape index (κ3) is 5.56. The molecule has 2 heterocycles. The van der Waals surface area contributed by atoms with Gasteiger partial charge in [-0.3, -0.25) is 14.4 Å². The number of aromatic amines is 1. The van der Waals surface area contributed by atoms with Crippen molar-refractivity contribution in [3.63, 3.8) is 0 Å². The summed E-state index contributed by atoms with van der Waals surface area (Å²) in [5, 5.41) is 8.97. The summed E-state index contributed by atoms with van der Waals surface area (Å²) in [6.45, 7) is 3.29. The number of hydrogen-bond acceptors (Lipinski definition) is 6. The molecule has 0 aliphatic carbocycles. The molecule has 2 amide bonds. The zero-order valence-corrected chi connectivity index (χ0v) is 16.2. The zero-order valence-electron chi connectivity index (χ0n) is 16.2. The van der Waals surface area contributed by atoms with Gasteiger partial charge in [0.2, 0.25) is 0 Å². The third-order valence-corrected chi connectivity index (χ3v) is 4.55. The molecule has 1 aliphatic rings. The predicted molar refractivity (Wildman–Crippen MR) is 105 cm³/mol. The maximum atomic E-state index is 12.4. The Kier molecular flexibility index (Phi) is 6.83. The van der Waals surface area contributed by atoms with E-state index >= 15 is 0 Å². The summed E-state index contributed by atoms with van der Waals surface area (Å²) in [7, 11) is 0. The van der Waals surface area contributed by atoms with E-state index in [1.54, 1.807) is 17.0 Å². The van der Waals surface area contributed by atoms with Gasteiger partial charge >= 0.3 is 0 Å². The molecule has 0 atom stereocenters. The number of aromatic nitrogens is 2. The van der Waals surface area contributed by atoms with Gasteiger partial charge in [-0.15, -0.1) is 0 Å². The van der Waals surface area contributed by atoms with Crippen LogP contribution in [0.3, 0.4) is 0 Å². The highest BCUT2D eigenvalue weighted by Crippen LogP contribution is 2.26. The van der Waals surface area contributed by atoms with Crippen LogP contribution in [0.4, 0.5) is 0 Å². The fourth-order valence-electron chi connectivity index (χ4n) is 3.11. The van der Waals surface area contributed by atoms with E-state index in [2.05, 4.69) is 15.5 Å². The second-order valence-electron chi connectivity index (χ2n) is 6.61. The van der Waals surface area contributed by atoms with Crippen LogP contribution >= 0.6 is 0 Å². The fourth-order valence-corrected chi connectivity index (χ4v) is 3.11. The first-order valence-electron chi connectivity index (χ1n) is 9.56. The molecule has 29 heavy (non-hydrogen) atoms. The lowest BCUT2D eigenvalue weighted by Gasteiger charge is -2.32. The van der Waals surface area contributed by atoms with Gasteiger partial charge in [0, 0.05) is 25.2 Å². The maximum Gasteiger partial charge on any atom is 0.274 e. The number of nitrogens with zero attached hydrogens (tertiary/aromatic N) is 2. The van der Waals surface area contributed by atoms with Crippen molar-refractivity contribution in [2.75, 3.05) is 26.3 Å². The van der Waals surface area contributed by atoms with E-state index < -0.39 is 0 Å². The van der Waals surface area contributed by atoms with Crippen LogP contribution in [0.5, 0.6) is 11.5 Å². The first-order chi connectivity index (χ1) is 14.1. The van der Waals surface area contributed by atoms with Gasteiger partial charge in [-0.1, -0.05) is 12.1 Å². The molecule has 2 aromatic rings. The smallest absolute Gasteiger partial charge is 0.274 e. The van der Waals surface area contributed by atoms with Gasteiger partial charge in [0.15, 0.2) is 18.1 Å². The summed E-state index contributed by atoms with van der Waals surface area (Å²) in [6.07, 6.45) is 1.27. The lowest BCUT2D eigenvalue weighted by Crippen LogP contribution is -2.47. The summed E-state index contributed by atoms with van der Waals surface area (Å²) in [6, 6.07) is 9.87. The van der Waals surface area contributed by atoms with Crippen LogP contribution in [0.15, 0.2) is 41.2 Å². The monoisotopic (exact) mass is 400 g/mol. The van der Waals surface area contributed by atoms with Gasteiger partial charge in [0.25, 0.3) is 17.4 Å². The molecule has 0 saturated carbocycles. The normalized spacial score (nSPS) is 14.3. The predicted octanol–water partition coefficient (Wildman–Crippen LogP) is 0.968. The fraction of sp³-hybridized carbons (Fsp3) is 0.400. The van der Waals surface area contributed by atoms with Gasteiger partial charge in [-0.05, 0) is 38.0 Å². The molecule has 1 aliphatic heterocycles. The number of carbonyl (C=O) groups is 2. The molecule has 9 heteroatoms. The van der Waals surface area contributed by atoms with Crippen LogP contribution < -0.4 is 20.3 Å². The zero-order chi connectivity index (χ0) is 20.6. The largest absolute Gasteiger partial charge is 0.490 e. The van der Waals surface area contributed by atoms with Crippen molar-refractivity contribution >= 4 is 11.8 Å². The van der Waals surface area contributed by atoms with Crippen molar-refractivity contribution in [1.82, 2.24) is 20.4 Å². The quantitative estimate of drug-likeness (QED) is 0.716. The number of para-hydroxylation sites is 2. The number of hydrogen-bond donors (Lipinski definition) is 2. The van der Waals surface area contributed by atoms with Crippen molar-refractivity contribution < 1.29 is 19.1 Å². The number of H-pyrrole nitrogens is 1. The molecule has 0 radical (unpaired) electrons. The molecule has 154 valence electrons. The van der Waals surface area contributed by atoms with Crippen LogP contribution in [0.25, 0.3) is 0 Å². The van der Waals surface area contributed by atoms with E-state index in [0.717, 1.165) is 0 Å². The number of rotatable bonds is 7. The number of likely N-dealkylation sites (tertiary alicyclic amines) is 1. The summed E-state index contributed by atoms with van der Waals surface area (Å²) in [5.74, 6) is 0.675. The molecule has 3 rings (SSSR count). The van der Waals surface area contributed by atoms with E-state index in [9.17, 15) is 14.4 Å². The summed E-state index contributed by atoms with van der Waals surface area (Å²) < 4.78 is 11.1. The molecular weight excluding hydrogens is 376 g/mol. The lowest BCUT2D eigenvalue weighted by atomic mass is 10.0. The molecular formula is C20H24N4O5. The minimum absolute atomic E-state index is 0.0270. The van der Waals surface area contributed by atoms with E-state index in [-0.39, 0.29) is 35.7 Å². The molecule has 1 saturated heterocycles. The van der Waals surface area contributed by atoms with E-state index in [1.165, 1.54) is 12.1 Å². The van der Waals surface area contributed by atoms with Crippen LogP contribution in [-0.4, -0.2) is 59.3 Å². The molecule has 2 N–H and O–H groups in total. The molecule has 0 bridgehead atoms. The van der Waals surface area contributed by atoms with E-state index in [0.29, 0.717) is 44.0 Å². The lowest BCUT2D eigenvalue weighted by molar-refractivity contribution is -0.124. The minimum atomic E-state index is -0.353. The number of nitrogens with one attached hydrogen (secondary N) is 2. The van der Waals surface area contributed by atoms with Crippen molar-refractivity contribution in [1.29, 1.82) is 0 Å². The van der Waals surface area contributed by atoms with Crippen LogP contribution in [0, 0.1) is 0 Å². The number of benzene rings is 1. The van der Waals surface area contributed by atoms with E-state index in [1.807, 2.05) is 19.1 Å². The number of ether oxygens (including phenoxy) is 2. The second-order valence-corrected chi connectivity index (χ2v) is 6.61. The maximum absolute atomic E-state index is 12.4. The Hall–Kier alpha value is -3.36. The van der Waals surface area contributed by atoms with Crippen molar-refractivity contribution in [2.24, 2.45) is 0 Å². The first-order valence-corrected chi connectivity index (χ1v) is 9.56. The Balaban J connectivity index is 1.44. The number of amides is 2. The summed E-state index contributed by atoms with van der Waals surface area (Å²) in [5.41, 5.74) is -0.150. The summed E-state index contributed by atoms with van der Waals surface area (Å²) in [4.78, 5) is 37.4. The van der Waals surface area contributed by atoms with Crippen LogP contribution in [0.1, 0.15) is 30.3 Å². The highest BCUT2D eigenvalue weighted by Gasteiger charge is 2.25. The average molecular weight is 400 g/mol. The first kappa shape index (κ1) is 20.4. The topological polar surface area (TPSA) is 114 Å². The van der Waals surface area contributed by atoms with Crippen LogP contribution in [-0.2, 0) is 4.79 Å². The number of piperidine rings is 1. The Bertz CT molecular complexity index is 885. The van der Waals surface area contributed by atoms with Crippen LogP contribution in [0.2, 0.25) is 0 Å². The van der Waals surface area contributed by atoms with Gasteiger partial charge in [0.1, 0.15) is 5.69 Å². The molecule has 1 aromatic heterocycles. The average Bonchev–Trinajstić information content (AvgIpc) is 2.74. The molecule has 1 fully saturated rings. The number of carbonyl (C=O) groups excluding carboxylic acids is 2. The molecule has 1 aromatic carbocycles. The van der Waals surface area contributed by atoms with Gasteiger partial charge in [0.05, 0.1) is 6.61 Å². The van der Waals surface area contributed by atoms with Gasteiger partial charge in [-0.25, -0.2) is 5.10 Å². The Morgan fingerprint density at radius 3 is 2.45 bits per heavy atom. The second kappa shape index (κ2) is 9.72. The van der Waals surface area contributed by atoms with Gasteiger partial charge < -0.3 is 19.7 Å². The van der Waals surface area contributed by atoms with E-state index in [4.69, 9.17) is 9.47 Å². The van der Waals surface area contributed by atoms with Gasteiger partial charge in [-0.2, -0.15) is 5.10 Å². The Morgan fingerprint density at radius 2 is 1.83 bits per heavy atom. The molecule has 0 spiro atoms. The molecule has 0 unspecified atom stereocenters. The highest BCUT2D eigenvalue weighted by atomic mass is 16.5. The standard InChI is InChI=1S/C20H24N4O5/c1-2-28-16-5-3-4-6-17(16)29-13-19(26)21-14-9-11-24(12-10-14)20(27)15-7-8-18(25)23-22-15/h3-8,14H,2,9-13H2,1H3,(H,21,26)(H,23,25). The minimum Gasteiger partial charge on any atom is -0.490 e. The Labute approximate surface area is 168 Å². The third-order valence-electron chi connectivity index (χ3n) is 4.55. The van der Waals surface area contributed by atoms with Crippen molar-refractivity contribution in [3.05, 3.63) is 52.4 Å². The molecule has 9 nitrogen and oxygen atoms in total. The Morgan fingerprint density at radius 1 is 1.14 bits per heavy atom.